The number of amides is 1. The fourth-order valence-electron chi connectivity index (χ4n) is 6.30. The van der Waals surface area contributed by atoms with Crippen molar-refractivity contribution in [1.29, 1.82) is 0 Å². The van der Waals surface area contributed by atoms with Gasteiger partial charge in [0.05, 0.1) is 11.6 Å². The lowest BCUT2D eigenvalue weighted by atomic mass is 9.83. The minimum atomic E-state index is -0.0217. The number of anilines is 1. The molecule has 1 saturated carbocycles. The lowest BCUT2D eigenvalue weighted by Gasteiger charge is -2.36. The summed E-state index contributed by atoms with van der Waals surface area (Å²) in [7, 11) is 6.15. The number of carbonyl (C=O) groups excluding carboxylic acids is 1. The molecule has 198 valence electrons. The molecule has 39 heavy (non-hydrogen) atoms. The number of carbonyl (C=O) groups is 1. The van der Waals surface area contributed by atoms with Gasteiger partial charge in [0, 0.05) is 37.5 Å². The van der Waals surface area contributed by atoms with Gasteiger partial charge in [0.2, 0.25) is 5.91 Å². The van der Waals surface area contributed by atoms with Gasteiger partial charge in [-0.05, 0) is 60.7 Å². The number of likely N-dealkylation sites (tertiary alicyclic amines) is 1. The van der Waals surface area contributed by atoms with Gasteiger partial charge in [0.25, 0.3) is 0 Å². The normalized spacial score (nSPS) is 17.5. The van der Waals surface area contributed by atoms with Crippen molar-refractivity contribution >= 4 is 30.7 Å². The van der Waals surface area contributed by atoms with Crippen molar-refractivity contribution in [2.45, 2.75) is 44.4 Å². The summed E-state index contributed by atoms with van der Waals surface area (Å²) in [5, 5.41) is 18.4. The summed E-state index contributed by atoms with van der Waals surface area (Å²) < 4.78 is 1.71. The topological polar surface area (TPSA) is 82.8 Å². The maximum Gasteiger partial charge on any atom is 0.230 e. The molecule has 6 rings (SSSR count). The molecule has 7 nitrogen and oxygen atoms in total. The number of hydrogen-bond acceptors (Lipinski definition) is 5. The summed E-state index contributed by atoms with van der Waals surface area (Å²) in [6.45, 7) is 2.32. The molecule has 1 amide bonds. The molecule has 0 bridgehead atoms. The van der Waals surface area contributed by atoms with Crippen molar-refractivity contribution in [3.63, 3.8) is 0 Å². The molecule has 1 aliphatic heterocycles. The second-order valence-corrected chi connectivity index (χ2v) is 11.0. The van der Waals surface area contributed by atoms with E-state index in [2.05, 4.69) is 44.6 Å². The first-order valence-corrected chi connectivity index (χ1v) is 14.1. The van der Waals surface area contributed by atoms with Crippen molar-refractivity contribution in [3.05, 3.63) is 72.4 Å². The summed E-state index contributed by atoms with van der Waals surface area (Å²) in [5.74, 6) is 2.11. The quantitative estimate of drug-likeness (QED) is 0.351. The Hall–Kier alpha value is -3.81. The molecule has 1 unspecified atom stereocenters. The minimum Gasteiger partial charge on any atom is -0.507 e. The van der Waals surface area contributed by atoms with E-state index >= 15 is 0 Å². The van der Waals surface area contributed by atoms with E-state index in [9.17, 15) is 9.90 Å². The van der Waals surface area contributed by atoms with Crippen LogP contribution in [0.5, 0.6) is 5.75 Å². The van der Waals surface area contributed by atoms with Gasteiger partial charge in [0.15, 0.2) is 5.65 Å². The Morgan fingerprint density at radius 3 is 2.49 bits per heavy atom. The standard InChI is InChI=1S/C31H34BN5O2/c32-25-20-34-37-28(18-26(35-30(25)37)24-12-6-7-13-27(24)38)33-19-21-14-16-36(17-15-21)31(39)29(23-10-4-5-11-23)22-8-2-1-3-9-22/h1-3,6-9,12-13,18,20-21,23,29,33,38H,4-5,10-11,14-17,19H2. The van der Waals surface area contributed by atoms with Crippen molar-refractivity contribution in [2.75, 3.05) is 25.0 Å². The summed E-state index contributed by atoms with van der Waals surface area (Å²) in [6, 6.07) is 19.4. The number of benzene rings is 2. The summed E-state index contributed by atoms with van der Waals surface area (Å²) >= 11 is 0. The number of aromatic hydroxyl groups is 1. The highest BCUT2D eigenvalue weighted by Crippen LogP contribution is 2.39. The van der Waals surface area contributed by atoms with Gasteiger partial charge in [-0.3, -0.25) is 4.79 Å². The van der Waals surface area contributed by atoms with Crippen LogP contribution >= 0.6 is 0 Å². The van der Waals surface area contributed by atoms with E-state index in [1.54, 1.807) is 22.8 Å². The second-order valence-electron chi connectivity index (χ2n) is 11.0. The van der Waals surface area contributed by atoms with E-state index in [1.165, 1.54) is 18.4 Å². The predicted molar refractivity (Wildman–Crippen MR) is 154 cm³/mol. The molecule has 8 heteroatoms. The molecule has 3 heterocycles. The Kier molecular flexibility index (Phi) is 7.27. The molecule has 4 aromatic rings. The monoisotopic (exact) mass is 519 g/mol. The second kappa shape index (κ2) is 11.1. The summed E-state index contributed by atoms with van der Waals surface area (Å²) in [6.07, 6.45) is 8.24. The summed E-state index contributed by atoms with van der Waals surface area (Å²) in [5.41, 5.74) is 3.48. The van der Waals surface area contributed by atoms with Gasteiger partial charge in [-0.15, -0.1) is 0 Å². The van der Waals surface area contributed by atoms with Crippen molar-refractivity contribution in [1.82, 2.24) is 19.5 Å². The first-order valence-electron chi connectivity index (χ1n) is 14.1. The molecule has 2 aliphatic rings. The number of nitrogens with zero attached hydrogens (tertiary/aromatic N) is 4. The molecule has 1 aliphatic carbocycles. The number of nitrogens with one attached hydrogen (secondary N) is 1. The third kappa shape index (κ3) is 5.25. The fraction of sp³-hybridized carbons (Fsp3) is 0.387. The molecule has 0 spiro atoms. The maximum absolute atomic E-state index is 13.8. The Morgan fingerprint density at radius 2 is 1.74 bits per heavy atom. The van der Waals surface area contributed by atoms with Gasteiger partial charge in [0.1, 0.15) is 19.4 Å². The minimum absolute atomic E-state index is 0.0217. The molecule has 2 aromatic carbocycles. The summed E-state index contributed by atoms with van der Waals surface area (Å²) in [4.78, 5) is 20.5. The van der Waals surface area contributed by atoms with Crippen LogP contribution in [0.2, 0.25) is 0 Å². The Bertz CT molecular complexity index is 1440. The Morgan fingerprint density at radius 1 is 1.03 bits per heavy atom. The zero-order chi connectivity index (χ0) is 26.8. The highest BCUT2D eigenvalue weighted by Gasteiger charge is 2.35. The van der Waals surface area contributed by atoms with Crippen molar-refractivity contribution < 1.29 is 9.90 Å². The van der Waals surface area contributed by atoms with E-state index in [1.807, 2.05) is 24.3 Å². The van der Waals surface area contributed by atoms with Crippen LogP contribution in [0.25, 0.3) is 16.9 Å². The number of phenols is 1. The lowest BCUT2D eigenvalue weighted by Crippen LogP contribution is -2.43. The van der Waals surface area contributed by atoms with Crippen LogP contribution < -0.4 is 10.8 Å². The molecular weight excluding hydrogens is 485 g/mol. The molecule has 2 radical (unpaired) electrons. The zero-order valence-electron chi connectivity index (χ0n) is 22.2. The zero-order valence-corrected chi connectivity index (χ0v) is 22.2. The number of phenolic OH excluding ortho intramolecular Hbond substituents is 1. The molecule has 2 fully saturated rings. The number of hydrogen-bond donors (Lipinski definition) is 2. The lowest BCUT2D eigenvalue weighted by molar-refractivity contribution is -0.135. The first-order chi connectivity index (χ1) is 19.1. The third-order valence-electron chi connectivity index (χ3n) is 8.47. The van der Waals surface area contributed by atoms with Gasteiger partial charge in [-0.25, -0.2) is 4.98 Å². The number of para-hydroxylation sites is 1. The third-order valence-corrected chi connectivity index (χ3v) is 8.47. The van der Waals surface area contributed by atoms with Crippen LogP contribution in [0.4, 0.5) is 5.82 Å². The number of rotatable bonds is 7. The highest BCUT2D eigenvalue weighted by molar-refractivity contribution is 6.36. The SMILES string of the molecule is [B]c1cnn2c(NCC3CCN(C(=O)C(c4ccccc4)C4CCCC4)CC3)cc(-c3ccccc3O)nc12. The van der Waals surface area contributed by atoms with E-state index in [4.69, 9.17) is 7.85 Å². The van der Waals surface area contributed by atoms with Crippen LogP contribution in [0.1, 0.15) is 50.0 Å². The van der Waals surface area contributed by atoms with E-state index < -0.39 is 0 Å². The first kappa shape index (κ1) is 25.5. The fourth-order valence-corrected chi connectivity index (χ4v) is 6.30. The molecule has 2 N–H and O–H groups in total. The van der Waals surface area contributed by atoms with E-state index in [-0.39, 0.29) is 11.7 Å². The number of piperidine rings is 1. The number of aromatic nitrogens is 3. The van der Waals surface area contributed by atoms with Gasteiger partial charge in [-0.2, -0.15) is 9.61 Å². The van der Waals surface area contributed by atoms with E-state index in [0.29, 0.717) is 40.1 Å². The average Bonchev–Trinajstić information content (AvgIpc) is 3.63. The van der Waals surface area contributed by atoms with E-state index in [0.717, 1.165) is 51.1 Å². The van der Waals surface area contributed by atoms with Crippen LogP contribution in [0.3, 0.4) is 0 Å². The van der Waals surface area contributed by atoms with Crippen LogP contribution in [0.15, 0.2) is 66.9 Å². The van der Waals surface area contributed by atoms with Crippen LogP contribution in [-0.2, 0) is 4.79 Å². The molecule has 1 saturated heterocycles. The van der Waals surface area contributed by atoms with Gasteiger partial charge in [-0.1, -0.05) is 55.3 Å². The van der Waals surface area contributed by atoms with Crippen molar-refractivity contribution in [3.8, 4) is 17.0 Å². The number of fused-ring (bicyclic) bond motifs is 1. The highest BCUT2D eigenvalue weighted by atomic mass is 16.3. The molecular formula is C31H34BN5O2. The smallest absolute Gasteiger partial charge is 0.230 e. The predicted octanol–water partition coefficient (Wildman–Crippen LogP) is 4.52. The van der Waals surface area contributed by atoms with Crippen LogP contribution in [0, 0.1) is 11.8 Å². The van der Waals surface area contributed by atoms with Crippen LogP contribution in [-0.4, -0.2) is 58.0 Å². The van der Waals surface area contributed by atoms with Crippen molar-refractivity contribution in [2.24, 2.45) is 11.8 Å². The van der Waals surface area contributed by atoms with Gasteiger partial charge < -0.3 is 15.3 Å². The molecule has 2 aromatic heterocycles. The maximum atomic E-state index is 13.8. The Labute approximate surface area is 230 Å². The van der Waals surface area contributed by atoms with Gasteiger partial charge >= 0.3 is 0 Å². The average molecular weight is 519 g/mol. The Balaban J connectivity index is 1.14. The largest absolute Gasteiger partial charge is 0.507 e. The molecule has 1 atom stereocenters.